The number of fused-ring (bicyclic) bond motifs is 1. The average Bonchev–Trinajstić information content (AvgIpc) is 3.25. The van der Waals surface area contributed by atoms with Crippen molar-refractivity contribution >= 4 is 28.3 Å². The molecule has 0 atom stereocenters. The van der Waals surface area contributed by atoms with Crippen LogP contribution in [0.4, 0.5) is 0 Å². The van der Waals surface area contributed by atoms with Crippen molar-refractivity contribution in [2.45, 2.75) is 32.7 Å². The lowest BCUT2D eigenvalue weighted by Gasteiger charge is -2.05. The number of hydrogen-bond acceptors (Lipinski definition) is 5. The standard InChI is InChI=1S/C17H20N4O2S/c1-2-3-4-7-23-14-6-5-12-8-16(19-15(12)9-14)17(22)18-10-13-11-24-21-20-13/h5-6,8-9,11,19H,2-4,7,10H2,1H3,(H,18,22). The first-order chi connectivity index (χ1) is 11.8. The van der Waals surface area contributed by atoms with Gasteiger partial charge in [-0.2, -0.15) is 0 Å². The first kappa shape index (κ1) is 16.4. The van der Waals surface area contributed by atoms with Crippen LogP contribution in [0.5, 0.6) is 5.75 Å². The lowest BCUT2D eigenvalue weighted by atomic mass is 10.2. The maximum Gasteiger partial charge on any atom is 0.268 e. The van der Waals surface area contributed by atoms with E-state index in [0.29, 0.717) is 12.2 Å². The Morgan fingerprint density at radius 1 is 1.33 bits per heavy atom. The Bertz CT molecular complexity index is 798. The number of H-pyrrole nitrogens is 1. The van der Waals surface area contributed by atoms with Crippen molar-refractivity contribution in [3.63, 3.8) is 0 Å². The normalized spacial score (nSPS) is 10.9. The summed E-state index contributed by atoms with van der Waals surface area (Å²) in [6, 6.07) is 7.67. The van der Waals surface area contributed by atoms with Gasteiger partial charge in [-0.1, -0.05) is 24.3 Å². The zero-order chi connectivity index (χ0) is 16.8. The quantitative estimate of drug-likeness (QED) is 0.613. The molecule has 7 heteroatoms. The molecule has 0 aliphatic carbocycles. The van der Waals surface area contributed by atoms with E-state index in [2.05, 4.69) is 26.8 Å². The Morgan fingerprint density at radius 3 is 3.04 bits per heavy atom. The van der Waals surface area contributed by atoms with E-state index >= 15 is 0 Å². The molecule has 0 radical (unpaired) electrons. The summed E-state index contributed by atoms with van der Waals surface area (Å²) >= 11 is 1.27. The lowest BCUT2D eigenvalue weighted by Crippen LogP contribution is -2.23. The third-order valence-corrected chi connectivity index (χ3v) is 4.24. The van der Waals surface area contributed by atoms with Crippen LogP contribution < -0.4 is 10.1 Å². The van der Waals surface area contributed by atoms with Crippen LogP contribution >= 0.6 is 11.5 Å². The van der Waals surface area contributed by atoms with E-state index < -0.39 is 0 Å². The summed E-state index contributed by atoms with van der Waals surface area (Å²) in [5.41, 5.74) is 2.17. The molecule has 0 fully saturated rings. The maximum atomic E-state index is 12.2. The number of carbonyl (C=O) groups is 1. The van der Waals surface area contributed by atoms with Crippen molar-refractivity contribution < 1.29 is 9.53 Å². The second-order valence-electron chi connectivity index (χ2n) is 5.57. The molecule has 0 saturated heterocycles. The van der Waals surface area contributed by atoms with Gasteiger partial charge in [0.05, 0.1) is 18.8 Å². The molecule has 24 heavy (non-hydrogen) atoms. The number of rotatable bonds is 8. The molecule has 1 amide bonds. The van der Waals surface area contributed by atoms with Gasteiger partial charge in [0.1, 0.15) is 11.4 Å². The summed E-state index contributed by atoms with van der Waals surface area (Å²) in [5, 5.41) is 9.53. The van der Waals surface area contributed by atoms with E-state index in [-0.39, 0.29) is 5.91 Å². The van der Waals surface area contributed by atoms with Crippen LogP contribution in [0, 0.1) is 0 Å². The van der Waals surface area contributed by atoms with Crippen molar-refractivity contribution in [2.24, 2.45) is 0 Å². The van der Waals surface area contributed by atoms with Crippen LogP contribution in [-0.4, -0.2) is 27.1 Å². The molecule has 6 nitrogen and oxygen atoms in total. The number of aromatic nitrogens is 3. The number of unbranched alkanes of at least 4 members (excludes halogenated alkanes) is 2. The highest BCUT2D eigenvalue weighted by Crippen LogP contribution is 2.22. The van der Waals surface area contributed by atoms with E-state index in [9.17, 15) is 4.79 Å². The molecule has 0 bridgehead atoms. The fraction of sp³-hybridized carbons (Fsp3) is 0.353. The van der Waals surface area contributed by atoms with Gasteiger partial charge in [-0.05, 0) is 36.2 Å². The van der Waals surface area contributed by atoms with E-state index in [4.69, 9.17) is 4.74 Å². The van der Waals surface area contributed by atoms with Gasteiger partial charge in [0, 0.05) is 22.3 Å². The smallest absolute Gasteiger partial charge is 0.268 e. The van der Waals surface area contributed by atoms with E-state index in [1.807, 2.05) is 29.6 Å². The zero-order valence-corrected chi connectivity index (χ0v) is 14.4. The lowest BCUT2D eigenvalue weighted by molar-refractivity contribution is 0.0946. The third kappa shape index (κ3) is 4.11. The highest BCUT2D eigenvalue weighted by atomic mass is 32.1. The summed E-state index contributed by atoms with van der Waals surface area (Å²) < 4.78 is 9.52. The topological polar surface area (TPSA) is 79.9 Å². The van der Waals surface area contributed by atoms with E-state index in [0.717, 1.165) is 35.4 Å². The number of nitrogens with zero attached hydrogens (tertiary/aromatic N) is 2. The molecule has 0 saturated carbocycles. The van der Waals surface area contributed by atoms with Crippen LogP contribution in [0.1, 0.15) is 42.4 Å². The molecule has 0 aliphatic rings. The summed E-state index contributed by atoms with van der Waals surface area (Å²) in [7, 11) is 0. The number of ether oxygens (including phenoxy) is 1. The molecular formula is C17H20N4O2S. The predicted octanol–water partition coefficient (Wildman–Crippen LogP) is 3.52. The Morgan fingerprint density at radius 2 is 2.25 bits per heavy atom. The van der Waals surface area contributed by atoms with E-state index in [1.54, 1.807) is 0 Å². The molecule has 2 aromatic heterocycles. The Labute approximate surface area is 144 Å². The van der Waals surface area contributed by atoms with Gasteiger partial charge in [0.2, 0.25) is 0 Å². The largest absolute Gasteiger partial charge is 0.494 e. The first-order valence-electron chi connectivity index (χ1n) is 8.06. The number of hydrogen-bond donors (Lipinski definition) is 2. The van der Waals surface area contributed by atoms with Gasteiger partial charge in [-0.3, -0.25) is 4.79 Å². The van der Waals surface area contributed by atoms with Crippen molar-refractivity contribution in [2.75, 3.05) is 6.61 Å². The molecule has 1 aromatic carbocycles. The number of nitrogens with one attached hydrogen (secondary N) is 2. The number of benzene rings is 1. The fourth-order valence-corrected chi connectivity index (χ4v) is 2.84. The van der Waals surface area contributed by atoms with Crippen molar-refractivity contribution in [1.82, 2.24) is 19.9 Å². The van der Waals surface area contributed by atoms with Crippen LogP contribution in [0.15, 0.2) is 29.6 Å². The molecule has 3 aromatic rings. The SMILES string of the molecule is CCCCCOc1ccc2cc(C(=O)NCc3csnn3)[nH]c2c1. The van der Waals surface area contributed by atoms with E-state index in [1.165, 1.54) is 24.4 Å². The van der Waals surface area contributed by atoms with Gasteiger partial charge in [0.15, 0.2) is 0 Å². The minimum absolute atomic E-state index is 0.162. The van der Waals surface area contributed by atoms with Crippen LogP contribution in [0.3, 0.4) is 0 Å². The van der Waals surface area contributed by atoms with Gasteiger partial charge in [0.25, 0.3) is 5.91 Å². The van der Waals surface area contributed by atoms with Crippen LogP contribution in [0.25, 0.3) is 10.9 Å². The van der Waals surface area contributed by atoms with Crippen LogP contribution in [0.2, 0.25) is 0 Å². The summed E-state index contributed by atoms with van der Waals surface area (Å²) in [5.74, 6) is 0.658. The zero-order valence-electron chi connectivity index (χ0n) is 13.5. The minimum Gasteiger partial charge on any atom is -0.494 e. The minimum atomic E-state index is -0.162. The number of carbonyl (C=O) groups excluding carboxylic acids is 1. The molecule has 2 heterocycles. The summed E-state index contributed by atoms with van der Waals surface area (Å²) in [6.45, 7) is 3.26. The highest BCUT2D eigenvalue weighted by Gasteiger charge is 2.10. The van der Waals surface area contributed by atoms with Gasteiger partial charge < -0.3 is 15.0 Å². The molecule has 0 aliphatic heterocycles. The molecule has 3 rings (SSSR count). The molecule has 2 N–H and O–H groups in total. The van der Waals surface area contributed by atoms with Gasteiger partial charge in [-0.15, -0.1) is 5.10 Å². The monoisotopic (exact) mass is 344 g/mol. The number of aromatic amines is 1. The third-order valence-electron chi connectivity index (χ3n) is 3.69. The summed E-state index contributed by atoms with van der Waals surface area (Å²) in [4.78, 5) is 15.4. The predicted molar refractivity (Wildman–Crippen MR) is 94.4 cm³/mol. The Kier molecular flexibility index (Phi) is 5.43. The van der Waals surface area contributed by atoms with Gasteiger partial charge in [-0.25, -0.2) is 0 Å². The summed E-state index contributed by atoms with van der Waals surface area (Å²) in [6.07, 6.45) is 3.40. The van der Waals surface area contributed by atoms with Crippen LogP contribution in [-0.2, 0) is 6.54 Å². The van der Waals surface area contributed by atoms with Gasteiger partial charge >= 0.3 is 0 Å². The maximum absolute atomic E-state index is 12.2. The Balaban J connectivity index is 1.63. The van der Waals surface area contributed by atoms with Crippen molar-refractivity contribution in [3.05, 3.63) is 41.0 Å². The first-order valence-corrected chi connectivity index (χ1v) is 8.89. The van der Waals surface area contributed by atoms with Crippen molar-refractivity contribution in [3.8, 4) is 5.75 Å². The second-order valence-corrected chi connectivity index (χ2v) is 6.18. The average molecular weight is 344 g/mol. The molecular weight excluding hydrogens is 324 g/mol. The molecule has 0 spiro atoms. The molecule has 126 valence electrons. The highest BCUT2D eigenvalue weighted by molar-refractivity contribution is 7.03. The Hall–Kier alpha value is -2.41. The second kappa shape index (κ2) is 7.92. The molecule has 0 unspecified atom stereocenters. The number of amides is 1. The fourth-order valence-electron chi connectivity index (χ4n) is 2.39. The van der Waals surface area contributed by atoms with Crippen molar-refractivity contribution in [1.29, 1.82) is 0 Å².